The van der Waals surface area contributed by atoms with E-state index in [2.05, 4.69) is 24.6 Å². The van der Waals surface area contributed by atoms with Crippen LogP contribution in [0.5, 0.6) is 0 Å². The molecule has 1 rings (SSSR count). The lowest BCUT2D eigenvalue weighted by atomic mass is 10.1. The zero-order chi connectivity index (χ0) is 9.24. The summed E-state index contributed by atoms with van der Waals surface area (Å²) in [4.78, 5) is 4.01. The van der Waals surface area contributed by atoms with Crippen LogP contribution in [-0.2, 0) is 9.16 Å². The van der Waals surface area contributed by atoms with Crippen LogP contribution in [0.25, 0.3) is 0 Å². The third-order valence-corrected chi connectivity index (χ3v) is 2.59. The van der Waals surface area contributed by atoms with Crippen molar-refractivity contribution in [1.29, 1.82) is 0 Å². The molecule has 1 heterocycles. The Morgan fingerprint density at radius 1 is 1.42 bits per heavy atom. The lowest BCUT2D eigenvalue weighted by Gasteiger charge is -2.42. The smallest absolute Gasteiger partial charge is 0.185 e. The Morgan fingerprint density at radius 2 is 2.00 bits per heavy atom. The molecule has 70 valence electrons. The Bertz CT molecular complexity index is 182. The van der Waals surface area contributed by atoms with Gasteiger partial charge in [0.15, 0.2) is 8.32 Å². The van der Waals surface area contributed by atoms with Gasteiger partial charge in [-0.2, -0.15) is 0 Å². The first kappa shape index (κ1) is 9.89. The van der Waals surface area contributed by atoms with Crippen molar-refractivity contribution in [1.82, 2.24) is 0 Å². The van der Waals surface area contributed by atoms with E-state index in [0.29, 0.717) is 13.2 Å². The van der Waals surface area contributed by atoms with Crippen LogP contribution in [-0.4, -0.2) is 40.4 Å². The van der Waals surface area contributed by atoms with Crippen LogP contribution in [0.15, 0.2) is 4.99 Å². The summed E-state index contributed by atoms with van der Waals surface area (Å²) in [5, 5.41) is 0. The van der Waals surface area contributed by atoms with Gasteiger partial charge in [0.25, 0.3) is 0 Å². The summed E-state index contributed by atoms with van der Waals surface area (Å²) in [6.45, 7) is 7.85. The van der Waals surface area contributed by atoms with Gasteiger partial charge in [0.2, 0.25) is 0 Å². The van der Waals surface area contributed by atoms with Gasteiger partial charge < -0.3 is 9.16 Å². The Morgan fingerprint density at radius 3 is 2.25 bits per heavy atom. The van der Waals surface area contributed by atoms with Crippen molar-refractivity contribution in [2.24, 2.45) is 4.99 Å². The Kier molecular flexibility index (Phi) is 2.70. The van der Waals surface area contributed by atoms with Crippen LogP contribution >= 0.6 is 0 Å². The summed E-state index contributed by atoms with van der Waals surface area (Å²) in [7, 11) is 0.301. The molecule has 0 N–H and O–H groups in total. The van der Waals surface area contributed by atoms with E-state index in [1.165, 1.54) is 0 Å². The molecule has 4 heteroatoms. The molecule has 12 heavy (non-hydrogen) atoms. The quantitative estimate of drug-likeness (QED) is 0.492. The first-order valence-electron chi connectivity index (χ1n) is 4.19. The van der Waals surface area contributed by atoms with E-state index < -0.39 is 8.32 Å². The fraction of sp³-hybridized carbons (Fsp3) is 0.875. The summed E-state index contributed by atoms with van der Waals surface area (Å²) in [5.74, 6) is 0. The number of ether oxygens (including phenoxy) is 1. The molecule has 0 radical (unpaired) electrons. The maximum absolute atomic E-state index is 5.97. The molecule has 0 saturated carbocycles. The van der Waals surface area contributed by atoms with Crippen LogP contribution in [0.2, 0.25) is 19.6 Å². The van der Waals surface area contributed by atoms with Gasteiger partial charge in [-0.25, -0.2) is 0 Å². The summed E-state index contributed by atoms with van der Waals surface area (Å²) in [6, 6.07) is 0. The van der Waals surface area contributed by atoms with E-state index in [1.807, 2.05) is 6.21 Å². The Labute approximate surface area is 74.9 Å². The maximum Gasteiger partial charge on any atom is 0.185 e. The maximum atomic E-state index is 5.97. The van der Waals surface area contributed by atoms with Crippen molar-refractivity contribution in [3.63, 3.8) is 0 Å². The third kappa shape index (κ3) is 2.40. The lowest BCUT2D eigenvalue weighted by molar-refractivity contribution is -0.120. The van der Waals surface area contributed by atoms with Crippen molar-refractivity contribution in [3.05, 3.63) is 0 Å². The van der Waals surface area contributed by atoms with Crippen LogP contribution in [0.1, 0.15) is 0 Å². The van der Waals surface area contributed by atoms with Gasteiger partial charge in [0.1, 0.15) is 5.60 Å². The highest BCUT2D eigenvalue weighted by molar-refractivity contribution is 6.70. The Hall–Kier alpha value is -0.193. The summed E-state index contributed by atoms with van der Waals surface area (Å²) >= 11 is 0. The van der Waals surface area contributed by atoms with Gasteiger partial charge >= 0.3 is 0 Å². The fourth-order valence-electron chi connectivity index (χ4n) is 1.31. The number of hydrogen-bond donors (Lipinski definition) is 0. The second-order valence-electron chi connectivity index (χ2n) is 4.16. The van der Waals surface area contributed by atoms with Crippen molar-refractivity contribution in [2.45, 2.75) is 25.2 Å². The van der Waals surface area contributed by atoms with Crippen molar-refractivity contribution in [3.8, 4) is 0 Å². The number of aliphatic imine (C=N–C) groups is 1. The van der Waals surface area contributed by atoms with Crippen molar-refractivity contribution in [2.75, 3.05) is 20.3 Å². The summed E-state index contributed by atoms with van der Waals surface area (Å²) < 4.78 is 11.1. The molecule has 0 aromatic carbocycles. The Balaban J connectivity index is 2.56. The molecular formula is C8H17NO2Si. The van der Waals surface area contributed by atoms with Gasteiger partial charge in [0, 0.05) is 13.3 Å². The highest BCUT2D eigenvalue weighted by Gasteiger charge is 2.41. The zero-order valence-corrected chi connectivity index (χ0v) is 9.26. The molecule has 1 fully saturated rings. The summed E-state index contributed by atoms with van der Waals surface area (Å²) in [5.41, 5.74) is -0.195. The predicted molar refractivity (Wildman–Crippen MR) is 52.4 cm³/mol. The SMILES string of the molecule is C/N=C/C1(O[Si](C)(C)C)COC1. The van der Waals surface area contributed by atoms with Gasteiger partial charge in [0.05, 0.1) is 13.2 Å². The van der Waals surface area contributed by atoms with Crippen LogP contribution in [0, 0.1) is 0 Å². The highest BCUT2D eigenvalue weighted by Crippen LogP contribution is 2.24. The minimum Gasteiger partial charge on any atom is -0.403 e. The number of hydrogen-bond acceptors (Lipinski definition) is 3. The van der Waals surface area contributed by atoms with Gasteiger partial charge in [-0.05, 0) is 19.6 Å². The lowest BCUT2D eigenvalue weighted by Crippen LogP contribution is -2.57. The zero-order valence-electron chi connectivity index (χ0n) is 8.26. The monoisotopic (exact) mass is 187 g/mol. The molecule has 1 aliphatic heterocycles. The highest BCUT2D eigenvalue weighted by atomic mass is 28.4. The predicted octanol–water partition coefficient (Wildman–Crippen LogP) is 1.31. The molecule has 3 nitrogen and oxygen atoms in total. The van der Waals surface area contributed by atoms with Crippen LogP contribution < -0.4 is 0 Å². The van der Waals surface area contributed by atoms with E-state index >= 15 is 0 Å². The van der Waals surface area contributed by atoms with Gasteiger partial charge in [-0.3, -0.25) is 4.99 Å². The molecule has 0 aromatic rings. The molecule has 0 spiro atoms. The van der Waals surface area contributed by atoms with Gasteiger partial charge in [-0.15, -0.1) is 0 Å². The standard InChI is InChI=1S/C8H17NO2Si/c1-9-5-8(6-10-7-8)11-12(2,3)4/h5H,6-7H2,1-4H3/b9-5+. The van der Waals surface area contributed by atoms with Gasteiger partial charge in [-0.1, -0.05) is 0 Å². The number of rotatable bonds is 3. The second-order valence-corrected chi connectivity index (χ2v) is 8.59. The normalized spacial score (nSPS) is 22.7. The molecular weight excluding hydrogens is 170 g/mol. The molecule has 0 aromatic heterocycles. The first-order valence-corrected chi connectivity index (χ1v) is 7.60. The largest absolute Gasteiger partial charge is 0.403 e. The van der Waals surface area contributed by atoms with E-state index in [1.54, 1.807) is 7.05 Å². The fourth-order valence-corrected chi connectivity index (χ4v) is 2.70. The van der Waals surface area contributed by atoms with E-state index in [4.69, 9.17) is 9.16 Å². The van der Waals surface area contributed by atoms with Crippen LogP contribution in [0.4, 0.5) is 0 Å². The number of nitrogens with zero attached hydrogens (tertiary/aromatic N) is 1. The molecule has 0 bridgehead atoms. The minimum atomic E-state index is -1.47. The first-order chi connectivity index (χ1) is 5.47. The molecule has 0 amide bonds. The van der Waals surface area contributed by atoms with Crippen molar-refractivity contribution >= 4 is 14.5 Å². The van der Waals surface area contributed by atoms with E-state index in [0.717, 1.165) is 0 Å². The van der Waals surface area contributed by atoms with Crippen molar-refractivity contribution < 1.29 is 9.16 Å². The summed E-state index contributed by atoms with van der Waals surface area (Å²) in [6.07, 6.45) is 1.87. The minimum absolute atomic E-state index is 0.195. The molecule has 1 saturated heterocycles. The topological polar surface area (TPSA) is 30.8 Å². The third-order valence-electron chi connectivity index (χ3n) is 1.57. The molecule has 0 aliphatic carbocycles. The van der Waals surface area contributed by atoms with E-state index in [9.17, 15) is 0 Å². The average Bonchev–Trinajstić information content (AvgIpc) is 1.80. The second kappa shape index (κ2) is 3.28. The average molecular weight is 187 g/mol. The molecule has 0 unspecified atom stereocenters. The van der Waals surface area contributed by atoms with Crippen LogP contribution in [0.3, 0.4) is 0 Å². The molecule has 1 aliphatic rings. The van der Waals surface area contributed by atoms with E-state index in [-0.39, 0.29) is 5.60 Å². The molecule has 0 atom stereocenters.